The lowest BCUT2D eigenvalue weighted by molar-refractivity contribution is -0.127. The van der Waals surface area contributed by atoms with Crippen molar-refractivity contribution in [2.24, 2.45) is 5.92 Å². The molecule has 0 spiro atoms. The first-order valence-electron chi connectivity index (χ1n) is 3.29. The molecule has 1 amide bonds. The second-order valence-electron chi connectivity index (χ2n) is 2.42. The molecule has 0 aliphatic rings. The fourth-order valence-corrected chi connectivity index (χ4v) is 0.770. The molecule has 0 aromatic carbocycles. The van der Waals surface area contributed by atoms with Crippen LogP contribution in [0.2, 0.25) is 0 Å². The maximum atomic E-state index is 10.8. The monoisotopic (exact) mass is 143 g/mol. The van der Waals surface area contributed by atoms with Crippen molar-refractivity contribution in [2.45, 2.75) is 20.3 Å². The van der Waals surface area contributed by atoms with Crippen molar-refractivity contribution in [3.05, 3.63) is 0 Å². The highest BCUT2D eigenvalue weighted by atomic mass is 16.2. The molecule has 0 saturated carbocycles. The Kier molecular flexibility index (Phi) is 3.69. The minimum Gasteiger partial charge on any atom is -0.359 e. The first-order valence-corrected chi connectivity index (χ1v) is 3.29. The van der Waals surface area contributed by atoms with Crippen LogP contribution in [-0.4, -0.2) is 18.7 Å². The van der Waals surface area contributed by atoms with Gasteiger partial charge >= 0.3 is 0 Å². The first-order chi connectivity index (χ1) is 4.57. The van der Waals surface area contributed by atoms with Gasteiger partial charge in [-0.3, -0.25) is 4.79 Å². The molecule has 1 N–H and O–H groups in total. The van der Waals surface area contributed by atoms with Crippen molar-refractivity contribution in [1.82, 2.24) is 5.32 Å². The molecule has 0 bridgehead atoms. The molecule has 0 aliphatic heterocycles. The predicted octanol–water partition coefficient (Wildman–Crippen LogP) is 0.348. The van der Waals surface area contributed by atoms with Crippen LogP contribution in [0.4, 0.5) is 0 Å². The van der Waals surface area contributed by atoms with Crippen molar-refractivity contribution in [1.29, 1.82) is 0 Å². The molecule has 0 aliphatic carbocycles. The van der Waals surface area contributed by atoms with Gasteiger partial charge in [-0.2, -0.15) is 0 Å². The maximum absolute atomic E-state index is 10.8. The lowest BCUT2D eigenvalue weighted by atomic mass is 10.1. The van der Waals surface area contributed by atoms with Gasteiger partial charge in [0.15, 0.2) is 0 Å². The fraction of sp³-hybridized carbons (Fsp3) is 0.714. The summed E-state index contributed by atoms with van der Waals surface area (Å²) in [6.07, 6.45) is 0.333. The number of carbonyl (C=O) groups excluding carboxylic acids is 2. The molecule has 0 heterocycles. The highest BCUT2D eigenvalue weighted by Crippen LogP contribution is 2.00. The lowest BCUT2D eigenvalue weighted by Crippen LogP contribution is -2.26. The Bertz CT molecular complexity index is 143. The summed E-state index contributed by atoms with van der Waals surface area (Å²) >= 11 is 0. The average molecular weight is 143 g/mol. The smallest absolute Gasteiger partial charge is 0.223 e. The minimum absolute atomic E-state index is 0.0519. The van der Waals surface area contributed by atoms with Gasteiger partial charge < -0.3 is 10.1 Å². The summed E-state index contributed by atoms with van der Waals surface area (Å²) in [6, 6.07) is 0. The molecule has 0 aromatic rings. The molecule has 1 unspecified atom stereocenters. The Balaban J connectivity index is 3.72. The number of ketones is 1. The van der Waals surface area contributed by atoms with Crippen LogP contribution in [0.15, 0.2) is 0 Å². The van der Waals surface area contributed by atoms with E-state index < -0.39 is 0 Å². The molecule has 0 aromatic heterocycles. The molecule has 0 fully saturated rings. The largest absolute Gasteiger partial charge is 0.359 e. The van der Waals surface area contributed by atoms with Crippen LogP contribution in [0, 0.1) is 5.92 Å². The molecule has 3 nitrogen and oxygen atoms in total. The van der Waals surface area contributed by atoms with Gasteiger partial charge in [-0.1, -0.05) is 6.92 Å². The van der Waals surface area contributed by atoms with Crippen molar-refractivity contribution in [3.63, 3.8) is 0 Å². The van der Waals surface area contributed by atoms with E-state index in [0.717, 1.165) is 0 Å². The highest BCUT2D eigenvalue weighted by Gasteiger charge is 2.11. The molecule has 1 atom stereocenters. The lowest BCUT2D eigenvalue weighted by Gasteiger charge is -2.05. The van der Waals surface area contributed by atoms with Gasteiger partial charge in [-0.15, -0.1) is 0 Å². The summed E-state index contributed by atoms with van der Waals surface area (Å²) in [5.41, 5.74) is 0. The average Bonchev–Trinajstić information content (AvgIpc) is 1.85. The molecule has 0 saturated heterocycles. The summed E-state index contributed by atoms with van der Waals surface area (Å²) in [5, 5.41) is 2.48. The summed E-state index contributed by atoms with van der Waals surface area (Å²) in [7, 11) is 1.57. The molecule has 0 radical (unpaired) electrons. The van der Waals surface area contributed by atoms with E-state index in [-0.39, 0.29) is 17.6 Å². The molecule has 3 heteroatoms. The van der Waals surface area contributed by atoms with Crippen LogP contribution < -0.4 is 5.32 Å². The number of amides is 1. The molecular formula is C7H13NO2. The summed E-state index contributed by atoms with van der Waals surface area (Å²) in [6.45, 7) is 3.22. The van der Waals surface area contributed by atoms with Gasteiger partial charge in [-0.05, 0) is 6.92 Å². The number of nitrogens with one attached hydrogen (secondary N) is 1. The Morgan fingerprint density at radius 2 is 2.00 bits per heavy atom. The van der Waals surface area contributed by atoms with E-state index in [0.29, 0.717) is 6.42 Å². The van der Waals surface area contributed by atoms with E-state index in [1.54, 1.807) is 14.0 Å². The Labute approximate surface area is 60.8 Å². The topological polar surface area (TPSA) is 46.2 Å². The quantitative estimate of drug-likeness (QED) is 0.619. The number of rotatable bonds is 3. The third-order valence-corrected chi connectivity index (χ3v) is 1.29. The highest BCUT2D eigenvalue weighted by molar-refractivity contribution is 5.85. The van der Waals surface area contributed by atoms with Crippen LogP contribution >= 0.6 is 0 Å². The predicted molar refractivity (Wildman–Crippen MR) is 38.5 cm³/mol. The number of carbonyl (C=O) groups is 2. The van der Waals surface area contributed by atoms with E-state index in [2.05, 4.69) is 5.32 Å². The normalized spacial score (nSPS) is 12.3. The fourth-order valence-electron chi connectivity index (χ4n) is 0.770. The van der Waals surface area contributed by atoms with Crippen LogP contribution in [0.1, 0.15) is 20.3 Å². The van der Waals surface area contributed by atoms with Crippen LogP contribution in [0.5, 0.6) is 0 Å². The zero-order chi connectivity index (χ0) is 8.15. The molecular weight excluding hydrogens is 130 g/mol. The second-order valence-corrected chi connectivity index (χ2v) is 2.42. The van der Waals surface area contributed by atoms with E-state index in [9.17, 15) is 9.59 Å². The Morgan fingerprint density at radius 3 is 2.30 bits per heavy atom. The third-order valence-electron chi connectivity index (χ3n) is 1.29. The summed E-state index contributed by atoms with van der Waals surface area (Å²) in [4.78, 5) is 21.3. The van der Waals surface area contributed by atoms with Gasteiger partial charge in [-0.25, -0.2) is 0 Å². The minimum atomic E-state index is -0.192. The number of Topliss-reactive ketones (excluding diaryl/α,β-unsaturated/α-hetero) is 1. The molecule has 10 heavy (non-hydrogen) atoms. The van der Waals surface area contributed by atoms with Gasteiger partial charge in [0, 0.05) is 19.4 Å². The van der Waals surface area contributed by atoms with Gasteiger partial charge in [0.1, 0.15) is 5.78 Å². The van der Waals surface area contributed by atoms with Gasteiger partial charge in [0.05, 0.1) is 0 Å². The SMILES string of the molecule is CNC(=O)C(C)CC(C)=O. The van der Waals surface area contributed by atoms with Crippen molar-refractivity contribution in [3.8, 4) is 0 Å². The second kappa shape index (κ2) is 4.04. The van der Waals surface area contributed by atoms with Crippen molar-refractivity contribution < 1.29 is 9.59 Å². The van der Waals surface area contributed by atoms with E-state index in [1.807, 2.05) is 0 Å². The third kappa shape index (κ3) is 3.22. The Morgan fingerprint density at radius 1 is 1.50 bits per heavy atom. The summed E-state index contributed by atoms with van der Waals surface area (Å²) in [5.74, 6) is -0.214. The molecule has 0 rings (SSSR count). The number of hydrogen-bond donors (Lipinski definition) is 1. The van der Waals surface area contributed by atoms with Gasteiger partial charge in [0.2, 0.25) is 5.91 Å². The van der Waals surface area contributed by atoms with E-state index in [4.69, 9.17) is 0 Å². The van der Waals surface area contributed by atoms with Crippen molar-refractivity contribution >= 4 is 11.7 Å². The number of hydrogen-bond acceptors (Lipinski definition) is 2. The standard InChI is InChI=1S/C7H13NO2/c1-5(4-6(2)9)7(10)8-3/h5H,4H2,1-3H3,(H,8,10). The maximum Gasteiger partial charge on any atom is 0.223 e. The zero-order valence-electron chi connectivity index (χ0n) is 6.60. The Hall–Kier alpha value is -0.860. The van der Waals surface area contributed by atoms with Crippen LogP contribution in [0.3, 0.4) is 0 Å². The summed E-state index contributed by atoms with van der Waals surface area (Å²) < 4.78 is 0. The zero-order valence-corrected chi connectivity index (χ0v) is 6.60. The van der Waals surface area contributed by atoms with Crippen LogP contribution in [-0.2, 0) is 9.59 Å². The van der Waals surface area contributed by atoms with E-state index in [1.165, 1.54) is 6.92 Å². The first kappa shape index (κ1) is 9.14. The molecule has 58 valence electrons. The van der Waals surface area contributed by atoms with Crippen molar-refractivity contribution in [2.75, 3.05) is 7.05 Å². The van der Waals surface area contributed by atoms with Crippen LogP contribution in [0.25, 0.3) is 0 Å². The van der Waals surface area contributed by atoms with Gasteiger partial charge in [0.25, 0.3) is 0 Å². The van der Waals surface area contributed by atoms with E-state index >= 15 is 0 Å².